The van der Waals surface area contributed by atoms with Gasteiger partial charge in [0.1, 0.15) is 10.8 Å². The number of carbonyl (C=O) groups excluding carboxylic acids is 1. The first-order valence-electron chi connectivity index (χ1n) is 9.23. The molecule has 0 aliphatic heterocycles. The predicted octanol–water partition coefficient (Wildman–Crippen LogP) is 6.61. The molecule has 0 aliphatic carbocycles. The van der Waals surface area contributed by atoms with Crippen LogP contribution in [0.2, 0.25) is 0 Å². The van der Waals surface area contributed by atoms with Crippen LogP contribution in [0.3, 0.4) is 0 Å². The molecule has 0 aliphatic rings. The second-order valence-corrected chi connectivity index (χ2v) is 9.10. The molecular weight excluding hydrogens is 495 g/mol. The van der Waals surface area contributed by atoms with Crippen molar-refractivity contribution in [3.05, 3.63) is 75.9 Å². The van der Waals surface area contributed by atoms with Crippen molar-refractivity contribution in [1.29, 1.82) is 0 Å². The number of hydrogen-bond acceptors (Lipinski definition) is 4. The van der Waals surface area contributed by atoms with Crippen LogP contribution in [-0.4, -0.2) is 17.0 Å². The Labute approximate surface area is 187 Å². The fourth-order valence-corrected chi connectivity index (χ4v) is 4.45. The maximum absolute atomic E-state index is 12.9. The van der Waals surface area contributed by atoms with Gasteiger partial charge in [0.2, 0.25) is 0 Å². The Hall–Kier alpha value is -2.45. The predicted molar refractivity (Wildman–Crippen MR) is 128 cm³/mol. The van der Waals surface area contributed by atoms with E-state index < -0.39 is 0 Å². The van der Waals surface area contributed by atoms with Gasteiger partial charge in [0.15, 0.2) is 0 Å². The van der Waals surface area contributed by atoms with Gasteiger partial charge in [-0.2, -0.15) is 0 Å². The zero-order chi connectivity index (χ0) is 20.4. The van der Waals surface area contributed by atoms with Gasteiger partial charge in [-0.1, -0.05) is 18.2 Å². The summed E-state index contributed by atoms with van der Waals surface area (Å²) in [5, 5.41) is 3.93. The van der Waals surface area contributed by atoms with Crippen LogP contribution in [0.1, 0.15) is 24.2 Å². The van der Waals surface area contributed by atoms with Crippen LogP contribution in [0.25, 0.3) is 20.8 Å². The highest BCUT2D eigenvalue weighted by molar-refractivity contribution is 14.1. The van der Waals surface area contributed by atoms with Gasteiger partial charge >= 0.3 is 0 Å². The van der Waals surface area contributed by atoms with Gasteiger partial charge < -0.3 is 10.1 Å². The molecule has 0 saturated heterocycles. The molecule has 0 saturated carbocycles. The second-order valence-electron chi connectivity index (χ2n) is 6.83. The smallest absolute Gasteiger partial charge is 0.255 e. The number of carbonyl (C=O) groups is 1. The lowest BCUT2D eigenvalue weighted by Crippen LogP contribution is -2.13. The van der Waals surface area contributed by atoms with Crippen molar-refractivity contribution in [1.82, 2.24) is 4.98 Å². The molecule has 0 fully saturated rings. The summed E-state index contributed by atoms with van der Waals surface area (Å²) in [6.45, 7) is 3.92. The zero-order valence-corrected chi connectivity index (χ0v) is 19.0. The summed E-state index contributed by atoms with van der Waals surface area (Å²) in [5.74, 6) is 0.504. The summed E-state index contributed by atoms with van der Waals surface area (Å²) in [7, 11) is 0. The van der Waals surface area contributed by atoms with Gasteiger partial charge in [-0.05, 0) is 85.0 Å². The Morgan fingerprint density at radius 2 is 1.90 bits per heavy atom. The van der Waals surface area contributed by atoms with Gasteiger partial charge in [0.25, 0.3) is 5.91 Å². The highest BCUT2D eigenvalue weighted by Gasteiger charge is 2.15. The minimum Gasteiger partial charge on any atom is -0.491 e. The van der Waals surface area contributed by atoms with E-state index in [1.165, 1.54) is 0 Å². The first-order chi connectivity index (χ1) is 14.0. The number of anilines is 1. The summed E-state index contributed by atoms with van der Waals surface area (Å²) in [6, 6.07) is 21.2. The standard InChI is InChI=1S/C23H19IN2O2S/c1-14(2)28-17-7-5-6-15(12-17)22(27)25-19-11-10-16(24)13-18(19)23-26-20-8-3-4-9-21(20)29-23/h3-14H,1-2H3,(H,25,27). The minimum atomic E-state index is -0.178. The van der Waals surface area contributed by atoms with Crippen LogP contribution < -0.4 is 10.1 Å². The lowest BCUT2D eigenvalue weighted by atomic mass is 10.1. The van der Waals surface area contributed by atoms with E-state index in [2.05, 4.69) is 34.0 Å². The van der Waals surface area contributed by atoms with Crippen molar-refractivity contribution in [3.8, 4) is 16.3 Å². The monoisotopic (exact) mass is 514 g/mol. The van der Waals surface area contributed by atoms with Crippen LogP contribution in [0.15, 0.2) is 66.7 Å². The molecular formula is C23H19IN2O2S. The molecule has 4 aromatic rings. The van der Waals surface area contributed by atoms with Crippen molar-refractivity contribution in [2.24, 2.45) is 0 Å². The first kappa shape index (κ1) is 19.8. The molecule has 1 heterocycles. The molecule has 0 atom stereocenters. The van der Waals surface area contributed by atoms with Gasteiger partial charge in [0.05, 0.1) is 22.0 Å². The number of rotatable bonds is 5. The van der Waals surface area contributed by atoms with Gasteiger partial charge in [-0.25, -0.2) is 4.98 Å². The second kappa shape index (κ2) is 8.51. The van der Waals surface area contributed by atoms with Crippen molar-refractivity contribution < 1.29 is 9.53 Å². The van der Waals surface area contributed by atoms with E-state index in [0.29, 0.717) is 11.3 Å². The molecule has 1 amide bonds. The van der Waals surface area contributed by atoms with Crippen molar-refractivity contribution in [2.45, 2.75) is 20.0 Å². The number of nitrogens with one attached hydrogen (secondary N) is 1. The Morgan fingerprint density at radius 1 is 1.07 bits per heavy atom. The molecule has 4 nitrogen and oxygen atoms in total. The van der Waals surface area contributed by atoms with Gasteiger partial charge in [-0.15, -0.1) is 11.3 Å². The fourth-order valence-electron chi connectivity index (χ4n) is 2.97. The number of halogens is 1. The number of para-hydroxylation sites is 1. The Bertz CT molecular complexity index is 1150. The van der Waals surface area contributed by atoms with Crippen LogP contribution in [0.4, 0.5) is 5.69 Å². The largest absolute Gasteiger partial charge is 0.491 e. The average Bonchev–Trinajstić information content (AvgIpc) is 3.13. The third kappa shape index (κ3) is 4.59. The number of benzene rings is 3. The normalized spacial score (nSPS) is 11.0. The number of aromatic nitrogens is 1. The van der Waals surface area contributed by atoms with E-state index in [9.17, 15) is 4.79 Å². The molecule has 3 aromatic carbocycles. The van der Waals surface area contributed by atoms with E-state index >= 15 is 0 Å². The van der Waals surface area contributed by atoms with Crippen molar-refractivity contribution in [2.75, 3.05) is 5.32 Å². The van der Waals surface area contributed by atoms with E-state index in [0.717, 1.165) is 30.0 Å². The third-order valence-corrected chi connectivity index (χ3v) is 5.96. The zero-order valence-electron chi connectivity index (χ0n) is 16.0. The summed E-state index contributed by atoms with van der Waals surface area (Å²) >= 11 is 3.90. The van der Waals surface area contributed by atoms with E-state index in [-0.39, 0.29) is 12.0 Å². The molecule has 29 heavy (non-hydrogen) atoms. The quantitative estimate of drug-likeness (QED) is 0.305. The van der Waals surface area contributed by atoms with Crippen LogP contribution >= 0.6 is 33.9 Å². The number of nitrogens with zero attached hydrogens (tertiary/aromatic N) is 1. The SMILES string of the molecule is CC(C)Oc1cccc(C(=O)Nc2ccc(I)cc2-c2nc3ccccc3s2)c1. The van der Waals surface area contributed by atoms with E-state index in [1.54, 1.807) is 23.5 Å². The topological polar surface area (TPSA) is 51.2 Å². The number of amides is 1. The highest BCUT2D eigenvalue weighted by Crippen LogP contribution is 2.35. The summed E-state index contributed by atoms with van der Waals surface area (Å²) in [6.07, 6.45) is 0.0511. The Morgan fingerprint density at radius 3 is 2.69 bits per heavy atom. The summed E-state index contributed by atoms with van der Waals surface area (Å²) < 4.78 is 7.92. The van der Waals surface area contributed by atoms with E-state index in [4.69, 9.17) is 9.72 Å². The number of fused-ring (bicyclic) bond motifs is 1. The van der Waals surface area contributed by atoms with Gasteiger partial charge in [0, 0.05) is 14.7 Å². The maximum Gasteiger partial charge on any atom is 0.255 e. The Balaban J connectivity index is 1.66. The van der Waals surface area contributed by atoms with Crippen LogP contribution in [-0.2, 0) is 0 Å². The number of thiazole rings is 1. The fraction of sp³-hybridized carbons (Fsp3) is 0.130. The molecule has 6 heteroatoms. The molecule has 0 bridgehead atoms. The lowest BCUT2D eigenvalue weighted by molar-refractivity contribution is 0.102. The van der Waals surface area contributed by atoms with Crippen LogP contribution in [0, 0.1) is 3.57 Å². The van der Waals surface area contributed by atoms with Crippen molar-refractivity contribution in [3.63, 3.8) is 0 Å². The molecule has 0 spiro atoms. The number of ether oxygens (including phenoxy) is 1. The molecule has 146 valence electrons. The summed E-state index contributed by atoms with van der Waals surface area (Å²) in [5.41, 5.74) is 3.17. The van der Waals surface area contributed by atoms with E-state index in [1.807, 2.05) is 62.4 Å². The van der Waals surface area contributed by atoms with Crippen LogP contribution in [0.5, 0.6) is 5.75 Å². The maximum atomic E-state index is 12.9. The molecule has 4 rings (SSSR count). The van der Waals surface area contributed by atoms with Crippen molar-refractivity contribution >= 4 is 55.7 Å². The molecule has 1 N–H and O–H groups in total. The average molecular weight is 514 g/mol. The Kier molecular flexibility index (Phi) is 5.82. The highest BCUT2D eigenvalue weighted by atomic mass is 127. The minimum absolute atomic E-state index is 0.0511. The molecule has 0 radical (unpaired) electrons. The number of hydrogen-bond donors (Lipinski definition) is 1. The molecule has 0 unspecified atom stereocenters. The summed E-state index contributed by atoms with van der Waals surface area (Å²) in [4.78, 5) is 17.7. The molecule has 1 aromatic heterocycles. The van der Waals surface area contributed by atoms with Gasteiger partial charge in [-0.3, -0.25) is 4.79 Å². The third-order valence-electron chi connectivity index (χ3n) is 4.22. The lowest BCUT2D eigenvalue weighted by Gasteiger charge is -2.12. The first-order valence-corrected chi connectivity index (χ1v) is 11.1.